The molecule has 0 aliphatic carbocycles. The van der Waals surface area contributed by atoms with Gasteiger partial charge in [0.25, 0.3) is 5.91 Å². The smallest absolute Gasteiger partial charge is 0.253 e. The number of amides is 1. The van der Waals surface area contributed by atoms with E-state index >= 15 is 0 Å². The molecule has 1 aromatic carbocycles. The number of nitrogens with zero attached hydrogens (tertiary/aromatic N) is 2. The lowest BCUT2D eigenvalue weighted by atomic mass is 10.2. The van der Waals surface area contributed by atoms with Crippen LogP contribution in [0.5, 0.6) is 0 Å². The number of carbonyl (C=O) groups is 1. The summed E-state index contributed by atoms with van der Waals surface area (Å²) in [4.78, 5) is 16.1. The molecule has 0 spiro atoms. The molecule has 0 bridgehead atoms. The van der Waals surface area contributed by atoms with E-state index in [-0.39, 0.29) is 5.91 Å². The van der Waals surface area contributed by atoms with E-state index in [1.165, 1.54) is 6.07 Å². The average molecular weight is 300 g/mol. The van der Waals surface area contributed by atoms with Crippen molar-refractivity contribution in [2.24, 2.45) is 0 Å². The van der Waals surface area contributed by atoms with Crippen LogP contribution >= 0.6 is 23.2 Å². The number of hydrogen-bond acceptors (Lipinski definition) is 4. The Morgan fingerprint density at radius 3 is 2.79 bits per heavy atom. The van der Waals surface area contributed by atoms with Gasteiger partial charge in [-0.1, -0.05) is 28.4 Å². The van der Waals surface area contributed by atoms with E-state index < -0.39 is 6.04 Å². The van der Waals surface area contributed by atoms with Gasteiger partial charge in [-0.3, -0.25) is 4.79 Å². The van der Waals surface area contributed by atoms with Gasteiger partial charge in [-0.05, 0) is 32.0 Å². The van der Waals surface area contributed by atoms with Gasteiger partial charge in [-0.25, -0.2) is 0 Å². The summed E-state index contributed by atoms with van der Waals surface area (Å²) in [5.41, 5.74) is 0.303. The van der Waals surface area contributed by atoms with Crippen molar-refractivity contribution >= 4 is 29.1 Å². The normalized spacial score (nSPS) is 12.2. The fraction of sp³-hybridized carbons (Fsp3) is 0.250. The second-order valence-electron chi connectivity index (χ2n) is 4.00. The topological polar surface area (TPSA) is 68.0 Å². The first-order valence-corrected chi connectivity index (χ1v) is 6.29. The van der Waals surface area contributed by atoms with Gasteiger partial charge in [0, 0.05) is 5.02 Å². The molecule has 0 aliphatic heterocycles. The summed E-state index contributed by atoms with van der Waals surface area (Å²) in [6, 6.07) is 4.28. The van der Waals surface area contributed by atoms with Crippen LogP contribution in [0.1, 0.15) is 35.0 Å². The lowest BCUT2D eigenvalue weighted by Crippen LogP contribution is -2.27. The number of halogens is 2. The predicted molar refractivity (Wildman–Crippen MR) is 71.4 cm³/mol. The molecule has 0 fully saturated rings. The third-order valence-corrected chi connectivity index (χ3v) is 3.00. The lowest BCUT2D eigenvalue weighted by molar-refractivity contribution is 0.0932. The Balaban J connectivity index is 2.15. The van der Waals surface area contributed by atoms with Crippen LogP contribution in [-0.2, 0) is 0 Å². The Hall–Kier alpha value is -1.59. The third-order valence-electron chi connectivity index (χ3n) is 2.43. The number of aryl methyl sites for hydroxylation is 1. The molecule has 19 heavy (non-hydrogen) atoms. The van der Waals surface area contributed by atoms with Gasteiger partial charge in [0.2, 0.25) is 5.89 Å². The molecule has 1 unspecified atom stereocenters. The molecule has 1 amide bonds. The summed E-state index contributed by atoms with van der Waals surface area (Å²) in [5.74, 6) is 0.497. The van der Waals surface area contributed by atoms with Crippen LogP contribution in [0, 0.1) is 6.92 Å². The fourth-order valence-electron chi connectivity index (χ4n) is 1.50. The van der Waals surface area contributed by atoms with Gasteiger partial charge in [0.1, 0.15) is 6.04 Å². The van der Waals surface area contributed by atoms with Crippen LogP contribution in [0.25, 0.3) is 0 Å². The molecule has 1 atom stereocenters. The Morgan fingerprint density at radius 1 is 1.42 bits per heavy atom. The van der Waals surface area contributed by atoms with E-state index in [1.54, 1.807) is 26.0 Å². The highest BCUT2D eigenvalue weighted by atomic mass is 35.5. The van der Waals surface area contributed by atoms with E-state index in [0.717, 1.165) is 0 Å². The number of benzene rings is 1. The highest BCUT2D eigenvalue weighted by Gasteiger charge is 2.18. The van der Waals surface area contributed by atoms with Gasteiger partial charge in [0.15, 0.2) is 5.82 Å². The summed E-state index contributed by atoms with van der Waals surface area (Å²) < 4.78 is 4.98. The van der Waals surface area contributed by atoms with Gasteiger partial charge in [0.05, 0.1) is 10.6 Å². The van der Waals surface area contributed by atoms with Crippen molar-refractivity contribution in [1.82, 2.24) is 15.5 Å². The highest BCUT2D eigenvalue weighted by Crippen LogP contribution is 2.21. The largest absolute Gasteiger partial charge is 0.340 e. The Kier molecular flexibility index (Phi) is 4.07. The first-order chi connectivity index (χ1) is 8.97. The van der Waals surface area contributed by atoms with Crippen molar-refractivity contribution < 1.29 is 9.32 Å². The Labute approximate surface area is 119 Å². The van der Waals surface area contributed by atoms with E-state index in [2.05, 4.69) is 15.5 Å². The Bertz CT molecular complexity index is 613. The first kappa shape index (κ1) is 13.8. The van der Waals surface area contributed by atoms with Gasteiger partial charge >= 0.3 is 0 Å². The van der Waals surface area contributed by atoms with Crippen LogP contribution in [0.3, 0.4) is 0 Å². The minimum absolute atomic E-state index is 0.303. The zero-order valence-electron chi connectivity index (χ0n) is 10.3. The second kappa shape index (κ2) is 5.59. The molecule has 7 heteroatoms. The highest BCUT2D eigenvalue weighted by molar-refractivity contribution is 6.35. The molecule has 100 valence electrons. The molecule has 0 radical (unpaired) electrons. The summed E-state index contributed by atoms with van der Waals surface area (Å²) in [5, 5.41) is 7.15. The maximum absolute atomic E-state index is 12.1. The molecule has 2 rings (SSSR count). The quantitative estimate of drug-likeness (QED) is 0.945. The molecule has 0 saturated heterocycles. The number of hydrogen-bond donors (Lipinski definition) is 1. The Morgan fingerprint density at radius 2 is 2.16 bits per heavy atom. The van der Waals surface area contributed by atoms with Crippen molar-refractivity contribution in [2.45, 2.75) is 19.9 Å². The molecule has 1 heterocycles. The zero-order valence-corrected chi connectivity index (χ0v) is 11.8. The average Bonchev–Trinajstić information content (AvgIpc) is 2.79. The number of aromatic nitrogens is 2. The van der Waals surface area contributed by atoms with Crippen molar-refractivity contribution in [3.8, 4) is 0 Å². The van der Waals surface area contributed by atoms with Crippen LogP contribution in [0.2, 0.25) is 10.0 Å². The van der Waals surface area contributed by atoms with E-state index in [4.69, 9.17) is 27.7 Å². The SMILES string of the molecule is Cc1noc(C(C)NC(=O)c2cc(Cl)ccc2Cl)n1. The number of carbonyl (C=O) groups excluding carboxylic acids is 1. The van der Waals surface area contributed by atoms with Crippen molar-refractivity contribution in [3.63, 3.8) is 0 Å². The lowest BCUT2D eigenvalue weighted by Gasteiger charge is -2.10. The van der Waals surface area contributed by atoms with E-state index in [1.807, 2.05) is 0 Å². The summed E-state index contributed by atoms with van der Waals surface area (Å²) in [6.45, 7) is 3.44. The maximum atomic E-state index is 12.1. The summed E-state index contributed by atoms with van der Waals surface area (Å²) >= 11 is 11.8. The first-order valence-electron chi connectivity index (χ1n) is 5.53. The predicted octanol–water partition coefficient (Wildman–Crippen LogP) is 3.18. The van der Waals surface area contributed by atoms with E-state index in [9.17, 15) is 4.79 Å². The summed E-state index contributed by atoms with van der Waals surface area (Å²) in [7, 11) is 0. The molecular weight excluding hydrogens is 289 g/mol. The molecule has 2 aromatic rings. The maximum Gasteiger partial charge on any atom is 0.253 e. The van der Waals surface area contributed by atoms with Gasteiger partial charge in [-0.15, -0.1) is 0 Å². The van der Waals surface area contributed by atoms with Crippen LogP contribution in [-0.4, -0.2) is 16.0 Å². The van der Waals surface area contributed by atoms with Crippen LogP contribution in [0.4, 0.5) is 0 Å². The molecule has 1 N–H and O–H groups in total. The molecule has 1 aromatic heterocycles. The molecule has 5 nitrogen and oxygen atoms in total. The monoisotopic (exact) mass is 299 g/mol. The molecule has 0 saturated carbocycles. The zero-order chi connectivity index (χ0) is 14.0. The minimum atomic E-state index is -0.413. The minimum Gasteiger partial charge on any atom is -0.340 e. The number of nitrogens with one attached hydrogen (secondary N) is 1. The number of rotatable bonds is 3. The van der Waals surface area contributed by atoms with Crippen molar-refractivity contribution in [1.29, 1.82) is 0 Å². The van der Waals surface area contributed by atoms with Crippen LogP contribution in [0.15, 0.2) is 22.7 Å². The summed E-state index contributed by atoms with van der Waals surface area (Å²) in [6.07, 6.45) is 0. The van der Waals surface area contributed by atoms with Gasteiger partial charge < -0.3 is 9.84 Å². The van der Waals surface area contributed by atoms with Crippen LogP contribution < -0.4 is 5.32 Å². The van der Waals surface area contributed by atoms with Gasteiger partial charge in [-0.2, -0.15) is 4.98 Å². The second-order valence-corrected chi connectivity index (χ2v) is 4.84. The standard InChI is InChI=1S/C12H11Cl2N3O2/c1-6(12-16-7(2)17-19-12)15-11(18)9-5-8(13)3-4-10(9)14/h3-6H,1-2H3,(H,15,18). The molecular formula is C12H11Cl2N3O2. The fourth-order valence-corrected chi connectivity index (χ4v) is 1.87. The third kappa shape index (κ3) is 3.24. The van der Waals surface area contributed by atoms with Crippen molar-refractivity contribution in [2.75, 3.05) is 0 Å². The molecule has 0 aliphatic rings. The van der Waals surface area contributed by atoms with E-state index in [0.29, 0.717) is 27.3 Å². The van der Waals surface area contributed by atoms with Crippen molar-refractivity contribution in [3.05, 3.63) is 45.5 Å².